The molecule has 1 fully saturated rings. The molecule has 168 valence electrons. The fraction of sp³-hybridized carbons (Fsp3) is 0.400. The predicted molar refractivity (Wildman–Crippen MR) is 124 cm³/mol. The third-order valence-electron chi connectivity index (χ3n) is 6.09. The molecule has 0 unspecified atom stereocenters. The van der Waals surface area contributed by atoms with E-state index in [1.54, 1.807) is 12.4 Å². The van der Waals surface area contributed by atoms with Gasteiger partial charge in [0.2, 0.25) is 5.91 Å². The second-order valence-corrected chi connectivity index (χ2v) is 8.54. The van der Waals surface area contributed by atoms with Crippen molar-refractivity contribution in [1.29, 1.82) is 0 Å². The summed E-state index contributed by atoms with van der Waals surface area (Å²) in [7, 11) is 2.04. The summed E-state index contributed by atoms with van der Waals surface area (Å²) < 4.78 is 5.60. The molecule has 32 heavy (non-hydrogen) atoms. The van der Waals surface area contributed by atoms with Crippen molar-refractivity contribution in [3.05, 3.63) is 77.9 Å². The predicted octanol–water partition coefficient (Wildman–Crippen LogP) is 3.18. The van der Waals surface area contributed by atoms with Crippen LogP contribution in [0.5, 0.6) is 0 Å². The molecular formula is C25H31N5O2. The number of hydrogen-bond donors (Lipinski definition) is 2. The van der Waals surface area contributed by atoms with E-state index in [1.165, 1.54) is 0 Å². The van der Waals surface area contributed by atoms with Crippen molar-refractivity contribution in [3.8, 4) is 0 Å². The molecule has 3 aromatic rings. The van der Waals surface area contributed by atoms with Crippen LogP contribution in [0.2, 0.25) is 0 Å². The number of aromatic nitrogens is 2. The number of para-hydroxylation sites is 1. The van der Waals surface area contributed by atoms with E-state index in [9.17, 15) is 4.79 Å². The third kappa shape index (κ3) is 6.17. The molecule has 0 radical (unpaired) electrons. The van der Waals surface area contributed by atoms with Crippen LogP contribution in [0.15, 0.2) is 65.4 Å². The number of anilines is 1. The lowest BCUT2D eigenvalue weighted by Crippen LogP contribution is -2.40. The minimum atomic E-state index is 0.0936. The molecule has 4 rings (SSSR count). The van der Waals surface area contributed by atoms with E-state index in [4.69, 9.17) is 4.52 Å². The van der Waals surface area contributed by atoms with Gasteiger partial charge in [-0.25, -0.2) is 0 Å². The number of nitrogens with zero attached hydrogens (tertiary/aromatic N) is 3. The maximum Gasteiger partial charge on any atom is 0.220 e. The van der Waals surface area contributed by atoms with Crippen LogP contribution in [-0.2, 0) is 24.3 Å². The molecular weight excluding hydrogens is 402 g/mol. The molecule has 2 N–H and O–H groups in total. The Balaban J connectivity index is 1.30. The van der Waals surface area contributed by atoms with Gasteiger partial charge < -0.3 is 20.1 Å². The van der Waals surface area contributed by atoms with E-state index in [-0.39, 0.29) is 5.91 Å². The van der Waals surface area contributed by atoms with E-state index in [0.717, 1.165) is 48.6 Å². The molecule has 1 amide bonds. The van der Waals surface area contributed by atoms with E-state index in [2.05, 4.69) is 37.8 Å². The van der Waals surface area contributed by atoms with Gasteiger partial charge in [-0.15, -0.1) is 0 Å². The SMILES string of the molecule is CN(Cc1cc(C[C@@H]2CNCC[C@H]2CC(=O)NCc2cccnc2)no1)c1ccccc1. The van der Waals surface area contributed by atoms with Gasteiger partial charge in [-0.2, -0.15) is 0 Å². The number of rotatable bonds is 9. The minimum Gasteiger partial charge on any atom is -0.367 e. The quantitative estimate of drug-likeness (QED) is 0.539. The molecule has 7 nitrogen and oxygen atoms in total. The first-order valence-corrected chi connectivity index (χ1v) is 11.2. The summed E-state index contributed by atoms with van der Waals surface area (Å²) in [6, 6.07) is 16.1. The van der Waals surface area contributed by atoms with Crippen molar-refractivity contribution >= 4 is 11.6 Å². The van der Waals surface area contributed by atoms with Crippen LogP contribution in [0.25, 0.3) is 0 Å². The van der Waals surface area contributed by atoms with Gasteiger partial charge in [0.1, 0.15) is 0 Å². The number of carbonyl (C=O) groups is 1. The zero-order valence-electron chi connectivity index (χ0n) is 18.5. The molecule has 1 saturated heterocycles. The summed E-state index contributed by atoms with van der Waals surface area (Å²) in [5, 5.41) is 10.8. The highest BCUT2D eigenvalue weighted by Gasteiger charge is 2.28. The van der Waals surface area contributed by atoms with Gasteiger partial charge in [0, 0.05) is 44.2 Å². The lowest BCUT2D eigenvalue weighted by atomic mass is 9.81. The normalized spacial score (nSPS) is 18.3. The monoisotopic (exact) mass is 433 g/mol. The average Bonchev–Trinajstić information content (AvgIpc) is 3.27. The number of pyridine rings is 1. The fourth-order valence-electron chi connectivity index (χ4n) is 4.30. The number of piperidine rings is 1. The summed E-state index contributed by atoms with van der Waals surface area (Å²) in [4.78, 5) is 18.8. The minimum absolute atomic E-state index is 0.0936. The summed E-state index contributed by atoms with van der Waals surface area (Å²) in [5.74, 6) is 1.63. The van der Waals surface area contributed by atoms with E-state index >= 15 is 0 Å². The lowest BCUT2D eigenvalue weighted by molar-refractivity contribution is -0.122. The van der Waals surface area contributed by atoms with Crippen LogP contribution in [-0.4, -0.2) is 36.2 Å². The highest BCUT2D eigenvalue weighted by Crippen LogP contribution is 2.26. The summed E-state index contributed by atoms with van der Waals surface area (Å²) in [6.07, 6.45) is 5.86. The van der Waals surface area contributed by atoms with Gasteiger partial charge in [-0.05, 0) is 61.5 Å². The van der Waals surface area contributed by atoms with Crippen LogP contribution in [0.4, 0.5) is 5.69 Å². The maximum atomic E-state index is 12.6. The number of benzene rings is 1. The van der Waals surface area contributed by atoms with Gasteiger partial charge >= 0.3 is 0 Å². The van der Waals surface area contributed by atoms with Gasteiger partial charge in [-0.3, -0.25) is 9.78 Å². The van der Waals surface area contributed by atoms with Crippen molar-refractivity contribution in [3.63, 3.8) is 0 Å². The Labute approximate surface area is 189 Å². The third-order valence-corrected chi connectivity index (χ3v) is 6.09. The van der Waals surface area contributed by atoms with Crippen LogP contribution in [0, 0.1) is 11.8 Å². The van der Waals surface area contributed by atoms with Crippen LogP contribution < -0.4 is 15.5 Å². The Morgan fingerprint density at radius 3 is 2.91 bits per heavy atom. The molecule has 2 atom stereocenters. The Kier molecular flexibility index (Phi) is 7.51. The molecule has 0 saturated carbocycles. The molecule has 1 aliphatic rings. The Morgan fingerprint density at radius 1 is 1.22 bits per heavy atom. The first-order valence-electron chi connectivity index (χ1n) is 11.2. The summed E-state index contributed by atoms with van der Waals surface area (Å²) in [5.41, 5.74) is 3.11. The number of amides is 1. The molecule has 2 aromatic heterocycles. The Bertz CT molecular complexity index is 976. The van der Waals surface area contributed by atoms with Crippen LogP contribution in [0.1, 0.15) is 29.9 Å². The smallest absolute Gasteiger partial charge is 0.220 e. The van der Waals surface area contributed by atoms with Crippen LogP contribution in [0.3, 0.4) is 0 Å². The molecule has 7 heteroatoms. The largest absolute Gasteiger partial charge is 0.367 e. The van der Waals surface area contributed by atoms with Gasteiger partial charge in [0.05, 0.1) is 12.2 Å². The highest BCUT2D eigenvalue weighted by atomic mass is 16.5. The first-order chi connectivity index (χ1) is 15.7. The Hall–Kier alpha value is -3.19. The van der Waals surface area contributed by atoms with E-state index in [1.807, 2.05) is 43.4 Å². The molecule has 0 spiro atoms. The second kappa shape index (κ2) is 10.9. The topological polar surface area (TPSA) is 83.3 Å². The van der Waals surface area contributed by atoms with Crippen molar-refractivity contribution in [2.24, 2.45) is 11.8 Å². The average molecular weight is 434 g/mol. The van der Waals surface area contributed by atoms with Crippen molar-refractivity contribution in [2.75, 3.05) is 25.0 Å². The molecule has 0 aliphatic carbocycles. The van der Waals surface area contributed by atoms with Crippen LogP contribution >= 0.6 is 0 Å². The highest BCUT2D eigenvalue weighted by molar-refractivity contribution is 5.76. The Morgan fingerprint density at radius 2 is 2.09 bits per heavy atom. The van der Waals surface area contributed by atoms with Crippen molar-refractivity contribution in [1.82, 2.24) is 20.8 Å². The maximum absolute atomic E-state index is 12.6. The number of hydrogen-bond acceptors (Lipinski definition) is 6. The summed E-state index contributed by atoms with van der Waals surface area (Å²) in [6.45, 7) is 3.03. The summed E-state index contributed by atoms with van der Waals surface area (Å²) >= 11 is 0. The molecule has 0 bridgehead atoms. The fourth-order valence-corrected chi connectivity index (χ4v) is 4.30. The van der Waals surface area contributed by atoms with Crippen molar-refractivity contribution < 1.29 is 9.32 Å². The van der Waals surface area contributed by atoms with E-state index in [0.29, 0.717) is 31.3 Å². The first kappa shape index (κ1) is 22.0. The van der Waals surface area contributed by atoms with Crippen molar-refractivity contribution in [2.45, 2.75) is 32.4 Å². The standard InChI is InChI=1S/C25H31N5O2/c1-30(23-7-3-2-4-8-23)18-24-14-22(29-32-24)12-21-17-27-11-9-20(21)13-25(31)28-16-19-6-5-10-26-15-19/h2-8,10,14-15,20-21,27H,9,11-13,16-18H2,1H3,(H,28,31)/t20-,21+/m0/s1. The van der Waals surface area contributed by atoms with Gasteiger partial charge in [0.25, 0.3) is 0 Å². The second-order valence-electron chi connectivity index (χ2n) is 8.54. The molecule has 1 aromatic carbocycles. The molecule has 1 aliphatic heterocycles. The van der Waals surface area contributed by atoms with Gasteiger partial charge in [0.15, 0.2) is 5.76 Å². The van der Waals surface area contributed by atoms with E-state index < -0.39 is 0 Å². The lowest BCUT2D eigenvalue weighted by Gasteiger charge is -2.31. The number of nitrogens with one attached hydrogen (secondary N) is 2. The number of carbonyl (C=O) groups excluding carboxylic acids is 1. The zero-order valence-corrected chi connectivity index (χ0v) is 18.5. The van der Waals surface area contributed by atoms with Gasteiger partial charge in [-0.1, -0.05) is 29.4 Å². The molecule has 3 heterocycles. The zero-order chi connectivity index (χ0) is 22.2.